The van der Waals surface area contributed by atoms with Gasteiger partial charge < -0.3 is 25.4 Å². The van der Waals surface area contributed by atoms with Crippen molar-refractivity contribution in [1.82, 2.24) is 14.9 Å². The average molecular weight is 479 g/mol. The molecule has 182 valence electrons. The Morgan fingerprint density at radius 3 is 2.66 bits per heavy atom. The number of rotatable bonds is 10. The molecule has 0 saturated carbocycles. The Kier molecular flexibility index (Phi) is 8.21. The third kappa shape index (κ3) is 7.23. The molecular weight excluding hydrogens is 451 g/mol. The van der Waals surface area contributed by atoms with E-state index in [4.69, 9.17) is 9.47 Å². The van der Waals surface area contributed by atoms with Gasteiger partial charge in [0.05, 0.1) is 19.4 Å². The second-order valence-corrected chi connectivity index (χ2v) is 7.74. The molecule has 0 atom stereocenters. The van der Waals surface area contributed by atoms with E-state index in [9.17, 15) is 9.18 Å². The fourth-order valence-corrected chi connectivity index (χ4v) is 3.43. The van der Waals surface area contributed by atoms with Crippen molar-refractivity contribution in [2.45, 2.75) is 0 Å². The first-order valence-corrected chi connectivity index (χ1v) is 11.2. The number of nitrogens with zero attached hydrogens (tertiary/aromatic N) is 3. The van der Waals surface area contributed by atoms with E-state index < -0.39 is 5.82 Å². The molecule has 1 saturated heterocycles. The number of aromatic nitrogens is 2. The van der Waals surface area contributed by atoms with Crippen LogP contribution in [0, 0.1) is 5.82 Å². The van der Waals surface area contributed by atoms with Crippen LogP contribution in [0.3, 0.4) is 0 Å². The van der Waals surface area contributed by atoms with Crippen LogP contribution in [0.4, 0.5) is 33.2 Å². The van der Waals surface area contributed by atoms with Crippen molar-refractivity contribution >= 4 is 34.7 Å². The number of carbonyl (C=O) groups excluding carboxylic acids is 1. The summed E-state index contributed by atoms with van der Waals surface area (Å²) in [5.41, 5.74) is 1.83. The van der Waals surface area contributed by atoms with E-state index in [0.717, 1.165) is 39.0 Å². The molecule has 35 heavy (non-hydrogen) atoms. The zero-order valence-electron chi connectivity index (χ0n) is 19.2. The number of carbonyl (C=O) groups is 1. The molecule has 9 nitrogen and oxygen atoms in total. The van der Waals surface area contributed by atoms with Crippen LogP contribution in [-0.4, -0.2) is 60.2 Å². The van der Waals surface area contributed by atoms with E-state index in [2.05, 4.69) is 37.4 Å². The van der Waals surface area contributed by atoms with Crippen LogP contribution in [0.15, 0.2) is 67.4 Å². The highest BCUT2D eigenvalue weighted by Gasteiger charge is 2.11. The van der Waals surface area contributed by atoms with Crippen LogP contribution in [0.25, 0.3) is 0 Å². The van der Waals surface area contributed by atoms with Gasteiger partial charge in [0.1, 0.15) is 12.4 Å². The molecule has 1 aliphatic rings. The minimum atomic E-state index is -0.596. The zero-order chi connectivity index (χ0) is 24.5. The maximum Gasteiger partial charge on any atom is 0.247 e. The molecule has 10 heteroatoms. The van der Waals surface area contributed by atoms with Crippen LogP contribution in [0.2, 0.25) is 0 Å². The van der Waals surface area contributed by atoms with E-state index >= 15 is 0 Å². The molecule has 2 aromatic carbocycles. The average Bonchev–Trinajstić information content (AvgIpc) is 2.87. The fraction of sp³-hybridized carbons (Fsp3) is 0.240. The fourth-order valence-electron chi connectivity index (χ4n) is 3.43. The molecule has 0 unspecified atom stereocenters. The highest BCUT2D eigenvalue weighted by atomic mass is 19.1. The Hall–Kier alpha value is -4.02. The van der Waals surface area contributed by atoms with Gasteiger partial charge in [0, 0.05) is 42.8 Å². The van der Waals surface area contributed by atoms with Crippen molar-refractivity contribution in [1.29, 1.82) is 0 Å². The highest BCUT2D eigenvalue weighted by molar-refractivity contribution is 5.99. The van der Waals surface area contributed by atoms with Gasteiger partial charge in [-0.3, -0.25) is 9.69 Å². The van der Waals surface area contributed by atoms with Gasteiger partial charge in [-0.15, -0.1) is 0 Å². The molecule has 1 amide bonds. The first-order valence-electron chi connectivity index (χ1n) is 11.2. The molecule has 4 rings (SSSR count). The second kappa shape index (κ2) is 11.9. The minimum Gasteiger partial charge on any atom is -0.492 e. The molecule has 0 spiro atoms. The van der Waals surface area contributed by atoms with Gasteiger partial charge in [-0.1, -0.05) is 18.7 Å². The number of halogens is 1. The number of hydrogen-bond donors (Lipinski definition) is 3. The summed E-state index contributed by atoms with van der Waals surface area (Å²) in [7, 11) is 0. The van der Waals surface area contributed by atoms with E-state index in [1.807, 2.05) is 12.1 Å². The van der Waals surface area contributed by atoms with Crippen LogP contribution >= 0.6 is 0 Å². The van der Waals surface area contributed by atoms with Crippen molar-refractivity contribution < 1.29 is 18.7 Å². The van der Waals surface area contributed by atoms with Crippen LogP contribution in [-0.2, 0) is 9.53 Å². The maximum atomic E-state index is 14.4. The van der Waals surface area contributed by atoms with Crippen LogP contribution in [0.1, 0.15) is 0 Å². The van der Waals surface area contributed by atoms with Gasteiger partial charge in [0.25, 0.3) is 0 Å². The van der Waals surface area contributed by atoms with Crippen molar-refractivity contribution in [3.63, 3.8) is 0 Å². The maximum absolute atomic E-state index is 14.4. The molecule has 0 radical (unpaired) electrons. The first kappa shape index (κ1) is 24.1. The van der Waals surface area contributed by atoms with Gasteiger partial charge in [0.15, 0.2) is 11.6 Å². The summed E-state index contributed by atoms with van der Waals surface area (Å²) in [5, 5.41) is 8.68. The predicted molar refractivity (Wildman–Crippen MR) is 133 cm³/mol. The number of anilines is 5. The smallest absolute Gasteiger partial charge is 0.247 e. The molecule has 0 bridgehead atoms. The standard InChI is InChI=1S/C25H27FN6O3/c1-2-23(33)28-18-5-3-6-19(15-18)30-25-27-17-22(26)24(31-25)29-20-7-4-8-21(16-20)35-14-11-32-9-12-34-13-10-32/h2-8,15-17H,1,9-14H2,(H,28,33)(H2,27,29,30,31). The largest absolute Gasteiger partial charge is 0.492 e. The summed E-state index contributed by atoms with van der Waals surface area (Å²) < 4.78 is 25.7. The monoisotopic (exact) mass is 478 g/mol. The van der Waals surface area contributed by atoms with Crippen molar-refractivity contribution in [3.05, 3.63) is 73.2 Å². The second-order valence-electron chi connectivity index (χ2n) is 7.74. The SMILES string of the molecule is C=CC(=O)Nc1cccc(Nc2ncc(F)c(Nc3cccc(OCCN4CCOCC4)c3)n2)c1. The Labute approximate surface area is 203 Å². The summed E-state index contributed by atoms with van der Waals surface area (Å²) in [6.45, 7) is 8.10. The lowest BCUT2D eigenvalue weighted by Crippen LogP contribution is -2.38. The van der Waals surface area contributed by atoms with Gasteiger partial charge in [-0.2, -0.15) is 4.98 Å². The Balaban J connectivity index is 1.38. The molecule has 3 aromatic rings. The Morgan fingerprint density at radius 1 is 1.11 bits per heavy atom. The van der Waals surface area contributed by atoms with Gasteiger partial charge in [0.2, 0.25) is 11.9 Å². The number of ether oxygens (including phenoxy) is 2. The highest BCUT2D eigenvalue weighted by Crippen LogP contribution is 2.24. The predicted octanol–water partition coefficient (Wildman–Crippen LogP) is 3.94. The molecule has 1 fully saturated rings. The van der Waals surface area contributed by atoms with E-state index in [0.29, 0.717) is 29.4 Å². The van der Waals surface area contributed by atoms with Gasteiger partial charge in [-0.05, 0) is 36.4 Å². The molecule has 1 aromatic heterocycles. The lowest BCUT2D eigenvalue weighted by molar-refractivity contribution is -0.111. The van der Waals surface area contributed by atoms with E-state index in [1.54, 1.807) is 36.4 Å². The van der Waals surface area contributed by atoms with Gasteiger partial charge >= 0.3 is 0 Å². The topological polar surface area (TPSA) is 101 Å². The number of benzene rings is 2. The number of amides is 1. The van der Waals surface area contributed by atoms with Crippen molar-refractivity contribution in [2.75, 3.05) is 55.4 Å². The third-order valence-corrected chi connectivity index (χ3v) is 5.19. The van der Waals surface area contributed by atoms with Crippen molar-refractivity contribution in [3.8, 4) is 5.75 Å². The normalized spacial score (nSPS) is 13.6. The number of hydrogen-bond acceptors (Lipinski definition) is 8. The molecule has 2 heterocycles. The Bertz CT molecular complexity index is 1170. The molecule has 0 aliphatic carbocycles. The number of morpholine rings is 1. The summed E-state index contributed by atoms with van der Waals surface area (Å²) in [5.74, 6) is -0.0299. The minimum absolute atomic E-state index is 0.0177. The molecule has 1 aliphatic heterocycles. The summed E-state index contributed by atoms with van der Waals surface area (Å²) in [4.78, 5) is 22.1. The lowest BCUT2D eigenvalue weighted by atomic mass is 10.2. The number of nitrogens with one attached hydrogen (secondary N) is 3. The van der Waals surface area contributed by atoms with E-state index in [1.165, 1.54) is 6.08 Å². The quantitative estimate of drug-likeness (QED) is 0.377. The van der Waals surface area contributed by atoms with Crippen molar-refractivity contribution in [2.24, 2.45) is 0 Å². The molecular formula is C25H27FN6O3. The zero-order valence-corrected chi connectivity index (χ0v) is 19.2. The van der Waals surface area contributed by atoms with E-state index in [-0.39, 0.29) is 17.7 Å². The lowest BCUT2D eigenvalue weighted by Gasteiger charge is -2.26. The Morgan fingerprint density at radius 2 is 1.86 bits per heavy atom. The van der Waals surface area contributed by atoms with Crippen LogP contribution < -0.4 is 20.7 Å². The van der Waals surface area contributed by atoms with Gasteiger partial charge in [-0.25, -0.2) is 9.37 Å². The summed E-state index contributed by atoms with van der Waals surface area (Å²) >= 11 is 0. The first-order chi connectivity index (χ1) is 17.1. The summed E-state index contributed by atoms with van der Waals surface area (Å²) in [6.07, 6.45) is 2.27. The molecule has 3 N–H and O–H groups in total. The van der Waals surface area contributed by atoms with Crippen LogP contribution in [0.5, 0.6) is 5.75 Å². The summed E-state index contributed by atoms with van der Waals surface area (Å²) in [6, 6.07) is 14.3. The third-order valence-electron chi connectivity index (χ3n) is 5.19.